The van der Waals surface area contributed by atoms with E-state index >= 15 is 0 Å². The van der Waals surface area contributed by atoms with Crippen LogP contribution in [-0.4, -0.2) is 36.9 Å². The first-order valence-electron chi connectivity index (χ1n) is 9.92. The zero-order valence-electron chi connectivity index (χ0n) is 18.0. The van der Waals surface area contributed by atoms with Crippen LogP contribution in [0.15, 0.2) is 29.2 Å². The van der Waals surface area contributed by atoms with Crippen molar-refractivity contribution in [2.75, 3.05) is 11.9 Å². The molecule has 1 amide bonds. The second kappa shape index (κ2) is 8.97. The lowest BCUT2D eigenvalue weighted by molar-refractivity contribution is -0.137. The third-order valence-corrected chi connectivity index (χ3v) is 4.31. The van der Waals surface area contributed by atoms with Crippen molar-refractivity contribution in [3.8, 4) is 5.75 Å². The van der Waals surface area contributed by atoms with Crippen molar-refractivity contribution in [2.45, 2.75) is 46.3 Å². The molecule has 0 aromatic carbocycles. The van der Waals surface area contributed by atoms with Gasteiger partial charge in [-0.2, -0.15) is 23.3 Å². The second-order valence-corrected chi connectivity index (χ2v) is 7.95. The molecule has 0 saturated heterocycles. The molecule has 0 bridgehead atoms. The molecule has 0 aliphatic heterocycles. The summed E-state index contributed by atoms with van der Waals surface area (Å²) >= 11 is 0. The van der Waals surface area contributed by atoms with E-state index in [0.717, 1.165) is 27.5 Å². The van der Waals surface area contributed by atoms with Crippen LogP contribution >= 0.6 is 0 Å². The predicted molar refractivity (Wildman–Crippen MR) is 110 cm³/mol. The van der Waals surface area contributed by atoms with E-state index in [1.165, 1.54) is 6.07 Å². The Balaban J connectivity index is 1.78. The number of halogens is 3. The van der Waals surface area contributed by atoms with E-state index in [1.807, 2.05) is 27.7 Å². The average Bonchev–Trinajstić information content (AvgIpc) is 3.08. The highest BCUT2D eigenvalue weighted by Crippen LogP contribution is 2.29. The minimum Gasteiger partial charge on any atom is -0.491 e. The fraction of sp³-hybridized carbons (Fsp3) is 0.450. The van der Waals surface area contributed by atoms with E-state index in [-0.39, 0.29) is 23.4 Å². The molecular weight excluding hydrogens is 429 g/mol. The number of hydrogen-bond donors (Lipinski definition) is 1. The maximum absolute atomic E-state index is 12.8. The van der Waals surface area contributed by atoms with Crippen molar-refractivity contribution in [3.05, 3.63) is 46.0 Å². The molecule has 0 spiro atoms. The Labute approximate surface area is 181 Å². The lowest BCUT2D eigenvalue weighted by Gasteiger charge is -2.16. The average molecular weight is 452 g/mol. The summed E-state index contributed by atoms with van der Waals surface area (Å²) in [5.41, 5.74) is -0.772. The van der Waals surface area contributed by atoms with Gasteiger partial charge < -0.3 is 4.74 Å². The number of nitrogens with zero attached hydrogens (tertiary/aromatic N) is 5. The predicted octanol–water partition coefficient (Wildman–Crippen LogP) is 3.10. The van der Waals surface area contributed by atoms with Gasteiger partial charge in [0, 0.05) is 18.2 Å². The molecule has 3 aromatic heterocycles. The number of amides is 1. The van der Waals surface area contributed by atoms with E-state index in [4.69, 9.17) is 4.74 Å². The number of aromatic nitrogens is 5. The van der Waals surface area contributed by atoms with Crippen molar-refractivity contribution >= 4 is 17.5 Å². The molecule has 3 rings (SSSR count). The van der Waals surface area contributed by atoms with E-state index in [2.05, 4.69) is 20.5 Å². The lowest BCUT2D eigenvalue weighted by atomic mass is 10.1. The van der Waals surface area contributed by atoms with Gasteiger partial charge in [0.25, 0.3) is 5.56 Å². The molecule has 9 nitrogen and oxygen atoms in total. The summed E-state index contributed by atoms with van der Waals surface area (Å²) in [5, 5.41) is 10.5. The maximum atomic E-state index is 12.8. The van der Waals surface area contributed by atoms with Crippen LogP contribution in [0.25, 0.3) is 5.65 Å². The molecule has 0 radical (unpaired) electrons. The Morgan fingerprint density at radius 2 is 1.91 bits per heavy atom. The topological polar surface area (TPSA) is 103 Å². The number of carbonyl (C=O) groups is 1. The second-order valence-electron chi connectivity index (χ2n) is 7.95. The van der Waals surface area contributed by atoms with Gasteiger partial charge in [0.1, 0.15) is 18.0 Å². The first-order valence-corrected chi connectivity index (χ1v) is 9.92. The number of hydrogen-bond acceptors (Lipinski definition) is 6. The standard InChI is InChI=1S/C20H23F3N6O3/c1-11(2)10-32-14-7-17(31)29(26-18(14)12(3)4)9-16(30)25-19-24-15-6-5-13(20(21,22)23)8-28(15)27-19/h5-8,11-12H,9-10H2,1-4H3,(H,25,27,30). The Bertz CT molecular complexity index is 1180. The molecule has 1 N–H and O–H groups in total. The number of carbonyl (C=O) groups excluding carboxylic acids is 1. The molecule has 0 aliphatic carbocycles. The number of pyridine rings is 1. The summed E-state index contributed by atoms with van der Waals surface area (Å²) in [7, 11) is 0. The Morgan fingerprint density at radius 3 is 2.53 bits per heavy atom. The molecule has 172 valence electrons. The summed E-state index contributed by atoms with van der Waals surface area (Å²) in [6.07, 6.45) is -3.76. The molecular formula is C20H23F3N6O3. The van der Waals surface area contributed by atoms with Gasteiger partial charge >= 0.3 is 6.18 Å². The van der Waals surface area contributed by atoms with E-state index in [1.54, 1.807) is 0 Å². The van der Waals surface area contributed by atoms with Crippen LogP contribution in [0.5, 0.6) is 5.75 Å². The highest BCUT2D eigenvalue weighted by atomic mass is 19.4. The van der Waals surface area contributed by atoms with Gasteiger partial charge in [0.15, 0.2) is 5.65 Å². The SMILES string of the molecule is CC(C)COc1cc(=O)n(CC(=O)Nc2nc3ccc(C(F)(F)F)cn3n2)nc1C(C)C. The van der Waals surface area contributed by atoms with E-state index < -0.39 is 29.8 Å². The van der Waals surface area contributed by atoms with Crippen LogP contribution in [0.3, 0.4) is 0 Å². The first-order chi connectivity index (χ1) is 14.9. The number of anilines is 1. The van der Waals surface area contributed by atoms with Crippen molar-refractivity contribution in [3.63, 3.8) is 0 Å². The summed E-state index contributed by atoms with van der Waals surface area (Å²) in [6.45, 7) is 7.72. The fourth-order valence-electron chi connectivity index (χ4n) is 2.78. The first kappa shape index (κ1) is 23.2. The number of fused-ring (bicyclic) bond motifs is 1. The zero-order valence-corrected chi connectivity index (χ0v) is 18.0. The highest BCUT2D eigenvalue weighted by Gasteiger charge is 2.31. The third kappa shape index (κ3) is 5.42. The van der Waals surface area contributed by atoms with Crippen molar-refractivity contribution < 1.29 is 22.7 Å². The quantitative estimate of drug-likeness (QED) is 0.591. The molecule has 0 saturated carbocycles. The highest BCUT2D eigenvalue weighted by molar-refractivity contribution is 5.88. The summed E-state index contributed by atoms with van der Waals surface area (Å²) in [6, 6.07) is 3.30. The van der Waals surface area contributed by atoms with E-state index in [0.29, 0.717) is 18.1 Å². The Morgan fingerprint density at radius 1 is 1.19 bits per heavy atom. The number of rotatable bonds is 7. The Hall–Kier alpha value is -3.44. The van der Waals surface area contributed by atoms with Crippen LogP contribution in [0.1, 0.15) is 44.9 Å². The van der Waals surface area contributed by atoms with Crippen LogP contribution in [-0.2, 0) is 17.5 Å². The zero-order chi connectivity index (χ0) is 23.6. The van der Waals surface area contributed by atoms with Gasteiger partial charge in [-0.05, 0) is 18.1 Å². The minimum absolute atomic E-state index is 0.0602. The number of alkyl halides is 3. The van der Waals surface area contributed by atoms with Crippen LogP contribution in [0, 0.1) is 5.92 Å². The van der Waals surface area contributed by atoms with Gasteiger partial charge in [-0.25, -0.2) is 9.20 Å². The lowest BCUT2D eigenvalue weighted by Crippen LogP contribution is -2.31. The number of ether oxygens (including phenoxy) is 1. The summed E-state index contributed by atoms with van der Waals surface area (Å²) < 4.78 is 46.1. The Kier molecular flexibility index (Phi) is 6.51. The van der Waals surface area contributed by atoms with E-state index in [9.17, 15) is 22.8 Å². The minimum atomic E-state index is -4.53. The largest absolute Gasteiger partial charge is 0.491 e. The van der Waals surface area contributed by atoms with Crippen LogP contribution < -0.4 is 15.6 Å². The van der Waals surface area contributed by atoms with Crippen LogP contribution in [0.2, 0.25) is 0 Å². The molecule has 3 aromatic rings. The van der Waals surface area contributed by atoms with Gasteiger partial charge in [0.05, 0.1) is 12.2 Å². The molecule has 12 heteroatoms. The van der Waals surface area contributed by atoms with Crippen molar-refractivity contribution in [1.29, 1.82) is 0 Å². The fourth-order valence-corrected chi connectivity index (χ4v) is 2.78. The molecule has 3 heterocycles. The molecule has 0 atom stereocenters. The smallest absolute Gasteiger partial charge is 0.417 e. The summed E-state index contributed by atoms with van der Waals surface area (Å²) in [5.74, 6) is -0.276. The monoisotopic (exact) mass is 452 g/mol. The normalized spacial score (nSPS) is 12.0. The van der Waals surface area contributed by atoms with Gasteiger partial charge in [-0.15, -0.1) is 5.10 Å². The molecule has 32 heavy (non-hydrogen) atoms. The summed E-state index contributed by atoms with van der Waals surface area (Å²) in [4.78, 5) is 28.8. The van der Waals surface area contributed by atoms with Crippen LogP contribution in [0.4, 0.5) is 19.1 Å². The number of nitrogens with one attached hydrogen (secondary N) is 1. The van der Waals surface area contributed by atoms with Gasteiger partial charge in [-0.3, -0.25) is 14.9 Å². The van der Waals surface area contributed by atoms with Gasteiger partial charge in [-0.1, -0.05) is 27.7 Å². The maximum Gasteiger partial charge on any atom is 0.417 e. The van der Waals surface area contributed by atoms with Gasteiger partial charge in [0.2, 0.25) is 11.9 Å². The molecule has 0 unspecified atom stereocenters. The van der Waals surface area contributed by atoms with Crippen molar-refractivity contribution in [2.24, 2.45) is 5.92 Å². The third-order valence-electron chi connectivity index (χ3n) is 4.31. The van der Waals surface area contributed by atoms with Crippen molar-refractivity contribution in [1.82, 2.24) is 24.4 Å². The molecule has 0 fully saturated rings. The molecule has 0 aliphatic rings.